The molecular formula is C12H25N3O. The fraction of sp³-hybridized carbons (Fsp3) is 0.917. The predicted octanol–water partition coefficient (Wildman–Crippen LogP) is 0.583. The van der Waals surface area contributed by atoms with E-state index < -0.39 is 0 Å². The topological polar surface area (TPSA) is 44.4 Å². The van der Waals surface area contributed by atoms with Gasteiger partial charge < -0.3 is 10.6 Å². The van der Waals surface area contributed by atoms with E-state index in [1.807, 2.05) is 27.7 Å². The van der Waals surface area contributed by atoms with E-state index in [0.29, 0.717) is 6.04 Å². The normalized spacial score (nSPS) is 19.4. The van der Waals surface area contributed by atoms with Gasteiger partial charge in [-0.25, -0.2) is 0 Å². The molecule has 4 nitrogen and oxygen atoms in total. The lowest BCUT2D eigenvalue weighted by Crippen LogP contribution is -2.62. The second-order valence-electron chi connectivity index (χ2n) is 5.56. The van der Waals surface area contributed by atoms with E-state index in [0.717, 1.165) is 19.6 Å². The van der Waals surface area contributed by atoms with Gasteiger partial charge in [-0.3, -0.25) is 9.69 Å². The quantitative estimate of drug-likeness (QED) is 0.738. The zero-order valence-corrected chi connectivity index (χ0v) is 11.1. The van der Waals surface area contributed by atoms with Crippen LogP contribution in [0.25, 0.3) is 0 Å². The van der Waals surface area contributed by atoms with Crippen molar-refractivity contribution in [2.45, 2.75) is 52.2 Å². The van der Waals surface area contributed by atoms with E-state index in [2.05, 4.69) is 22.5 Å². The highest BCUT2D eigenvalue weighted by Gasteiger charge is 2.31. The van der Waals surface area contributed by atoms with Crippen molar-refractivity contribution in [2.24, 2.45) is 0 Å². The van der Waals surface area contributed by atoms with Crippen molar-refractivity contribution in [1.82, 2.24) is 15.5 Å². The van der Waals surface area contributed by atoms with Crippen molar-refractivity contribution >= 4 is 5.91 Å². The lowest BCUT2D eigenvalue weighted by atomic mass is 10.1. The molecule has 4 heteroatoms. The molecule has 0 radical (unpaired) electrons. The van der Waals surface area contributed by atoms with Gasteiger partial charge in [-0.15, -0.1) is 0 Å². The highest BCUT2D eigenvalue weighted by Crippen LogP contribution is 2.11. The van der Waals surface area contributed by atoms with Gasteiger partial charge in [0.15, 0.2) is 0 Å². The molecule has 1 amide bonds. The van der Waals surface area contributed by atoms with Gasteiger partial charge in [-0.1, -0.05) is 6.92 Å². The number of hydrogen-bond donors (Lipinski definition) is 2. The molecule has 0 bridgehead atoms. The molecule has 0 aromatic carbocycles. The second kappa shape index (κ2) is 5.15. The van der Waals surface area contributed by atoms with Gasteiger partial charge in [0.25, 0.3) is 0 Å². The average molecular weight is 227 g/mol. The van der Waals surface area contributed by atoms with Crippen LogP contribution in [0.1, 0.15) is 34.6 Å². The minimum Gasteiger partial charge on any atom is -0.350 e. The van der Waals surface area contributed by atoms with Crippen molar-refractivity contribution in [3.63, 3.8) is 0 Å². The predicted molar refractivity (Wildman–Crippen MR) is 66.4 cm³/mol. The van der Waals surface area contributed by atoms with Gasteiger partial charge in [-0.05, 0) is 34.2 Å². The first-order valence-electron chi connectivity index (χ1n) is 6.13. The van der Waals surface area contributed by atoms with Crippen LogP contribution in [0.4, 0.5) is 0 Å². The number of carbonyl (C=O) groups is 1. The highest BCUT2D eigenvalue weighted by atomic mass is 16.2. The van der Waals surface area contributed by atoms with Crippen molar-refractivity contribution in [3.8, 4) is 0 Å². The van der Waals surface area contributed by atoms with Crippen molar-refractivity contribution in [3.05, 3.63) is 0 Å². The van der Waals surface area contributed by atoms with Gasteiger partial charge in [0.05, 0.1) is 6.04 Å². The maximum absolute atomic E-state index is 12.0. The minimum atomic E-state index is -0.150. The molecule has 1 atom stereocenters. The number of amides is 1. The van der Waals surface area contributed by atoms with Crippen LogP contribution >= 0.6 is 0 Å². The highest BCUT2D eigenvalue weighted by molar-refractivity contribution is 5.82. The average Bonchev–Trinajstić information content (AvgIpc) is 2.06. The smallest absolute Gasteiger partial charge is 0.237 e. The number of likely N-dealkylation sites (N-methyl/N-ethyl adjacent to an activating group) is 1. The first kappa shape index (κ1) is 13.5. The first-order chi connectivity index (χ1) is 7.35. The van der Waals surface area contributed by atoms with Gasteiger partial charge in [0.2, 0.25) is 5.91 Å². The molecule has 1 saturated heterocycles. The molecule has 1 aliphatic heterocycles. The molecule has 1 heterocycles. The van der Waals surface area contributed by atoms with Crippen LogP contribution in [0.2, 0.25) is 0 Å². The number of hydrogen-bond acceptors (Lipinski definition) is 3. The van der Waals surface area contributed by atoms with Crippen LogP contribution in [0.15, 0.2) is 0 Å². The summed E-state index contributed by atoms with van der Waals surface area (Å²) in [6, 6.07) is 0.474. The van der Waals surface area contributed by atoms with Gasteiger partial charge in [-0.2, -0.15) is 0 Å². The van der Waals surface area contributed by atoms with E-state index in [-0.39, 0.29) is 17.5 Å². The zero-order valence-electron chi connectivity index (χ0n) is 11.1. The molecule has 16 heavy (non-hydrogen) atoms. The summed E-state index contributed by atoms with van der Waals surface area (Å²) in [6.07, 6.45) is 0. The molecule has 0 aliphatic carbocycles. The summed E-state index contributed by atoms with van der Waals surface area (Å²) in [5.74, 6) is 0.126. The summed E-state index contributed by atoms with van der Waals surface area (Å²) in [5.41, 5.74) is -0.150. The van der Waals surface area contributed by atoms with Gasteiger partial charge >= 0.3 is 0 Å². The maximum Gasteiger partial charge on any atom is 0.237 e. The Hall–Kier alpha value is -0.610. The summed E-state index contributed by atoms with van der Waals surface area (Å²) in [6.45, 7) is 13.1. The third kappa shape index (κ3) is 3.46. The number of nitrogens with one attached hydrogen (secondary N) is 2. The van der Waals surface area contributed by atoms with Crippen LogP contribution in [0.5, 0.6) is 0 Å². The molecule has 1 fully saturated rings. The zero-order chi connectivity index (χ0) is 12.3. The largest absolute Gasteiger partial charge is 0.350 e. The SMILES string of the molecule is CCN(C1CNC1)C(C)C(=O)NC(C)(C)C. The monoisotopic (exact) mass is 227 g/mol. The molecule has 0 aromatic heterocycles. The van der Waals surface area contributed by atoms with Crippen molar-refractivity contribution in [2.75, 3.05) is 19.6 Å². The third-order valence-corrected chi connectivity index (χ3v) is 2.97. The standard InChI is InChI=1S/C12H25N3O/c1-6-15(10-7-13-8-10)9(2)11(16)14-12(3,4)5/h9-10,13H,6-8H2,1-5H3,(H,14,16). The van der Waals surface area contributed by atoms with Crippen LogP contribution in [0.3, 0.4) is 0 Å². The summed E-state index contributed by atoms with van der Waals surface area (Å²) < 4.78 is 0. The van der Waals surface area contributed by atoms with Gasteiger partial charge in [0, 0.05) is 24.7 Å². The van der Waals surface area contributed by atoms with E-state index in [1.54, 1.807) is 0 Å². The molecule has 94 valence electrons. The third-order valence-electron chi connectivity index (χ3n) is 2.97. The first-order valence-corrected chi connectivity index (χ1v) is 6.13. The maximum atomic E-state index is 12.0. The van der Waals surface area contributed by atoms with Crippen LogP contribution in [-0.2, 0) is 4.79 Å². The molecule has 0 saturated carbocycles. The Kier molecular flexibility index (Phi) is 4.33. The molecular weight excluding hydrogens is 202 g/mol. The lowest BCUT2D eigenvalue weighted by molar-refractivity contribution is -0.128. The minimum absolute atomic E-state index is 0.0451. The summed E-state index contributed by atoms with van der Waals surface area (Å²) in [7, 11) is 0. The lowest BCUT2D eigenvalue weighted by Gasteiger charge is -2.41. The fourth-order valence-electron chi connectivity index (χ4n) is 1.98. The van der Waals surface area contributed by atoms with E-state index in [4.69, 9.17) is 0 Å². The summed E-state index contributed by atoms with van der Waals surface area (Å²) >= 11 is 0. The number of rotatable bonds is 4. The van der Waals surface area contributed by atoms with E-state index in [9.17, 15) is 4.79 Å². The Morgan fingerprint density at radius 3 is 2.38 bits per heavy atom. The van der Waals surface area contributed by atoms with Crippen LogP contribution in [0, 0.1) is 0 Å². The Labute approximate surface area is 98.8 Å². The Bertz CT molecular complexity index is 243. The molecule has 1 aliphatic rings. The molecule has 0 aromatic rings. The second-order valence-corrected chi connectivity index (χ2v) is 5.56. The van der Waals surface area contributed by atoms with Crippen molar-refractivity contribution in [1.29, 1.82) is 0 Å². The number of carbonyl (C=O) groups excluding carboxylic acids is 1. The number of nitrogens with zero attached hydrogens (tertiary/aromatic N) is 1. The molecule has 0 spiro atoms. The molecule has 1 rings (SSSR count). The fourth-order valence-corrected chi connectivity index (χ4v) is 1.98. The molecule has 2 N–H and O–H groups in total. The Morgan fingerprint density at radius 1 is 1.50 bits per heavy atom. The summed E-state index contributed by atoms with van der Waals surface area (Å²) in [4.78, 5) is 14.3. The van der Waals surface area contributed by atoms with E-state index >= 15 is 0 Å². The molecule has 1 unspecified atom stereocenters. The Morgan fingerprint density at radius 2 is 2.06 bits per heavy atom. The van der Waals surface area contributed by atoms with Crippen LogP contribution < -0.4 is 10.6 Å². The Balaban J connectivity index is 2.53. The summed E-state index contributed by atoms with van der Waals surface area (Å²) in [5, 5.41) is 6.28. The van der Waals surface area contributed by atoms with Gasteiger partial charge in [0.1, 0.15) is 0 Å². The van der Waals surface area contributed by atoms with E-state index in [1.165, 1.54) is 0 Å². The van der Waals surface area contributed by atoms with Crippen molar-refractivity contribution < 1.29 is 4.79 Å². The van der Waals surface area contributed by atoms with Crippen LogP contribution in [-0.4, -0.2) is 48.1 Å².